The quantitative estimate of drug-likeness (QED) is 0.0611. The number of hydrogen-bond donors (Lipinski definition) is 2. The third-order valence-electron chi connectivity index (χ3n) is 9.50. The highest BCUT2D eigenvalue weighted by atomic mass is 16.5. The van der Waals surface area contributed by atoms with Crippen molar-refractivity contribution in [3.05, 3.63) is 0 Å². The van der Waals surface area contributed by atoms with Crippen molar-refractivity contribution in [2.24, 2.45) is 0 Å². The van der Waals surface area contributed by atoms with Gasteiger partial charge in [-0.15, -0.1) is 0 Å². The van der Waals surface area contributed by atoms with E-state index in [1.54, 1.807) is 0 Å². The molecule has 0 aliphatic heterocycles. The minimum Gasteiger partial charge on any atom is -0.394 e. The summed E-state index contributed by atoms with van der Waals surface area (Å²) in [6.45, 7) is 9.36. The highest BCUT2D eigenvalue weighted by Gasteiger charge is 1.97. The summed E-state index contributed by atoms with van der Waals surface area (Å²) in [7, 11) is 0. The molecule has 0 saturated carbocycles. The van der Waals surface area contributed by atoms with Gasteiger partial charge in [-0.1, -0.05) is 206 Å². The molecule has 0 fully saturated rings. The summed E-state index contributed by atoms with van der Waals surface area (Å²) >= 11 is 0. The van der Waals surface area contributed by atoms with Crippen LogP contribution < -0.4 is 0 Å². The van der Waals surface area contributed by atoms with Crippen LogP contribution in [0.1, 0.15) is 219 Å². The van der Waals surface area contributed by atoms with Crippen LogP contribution in [0.4, 0.5) is 0 Å². The molecule has 0 aromatic rings. The Hall–Kier alpha value is -0.240. The van der Waals surface area contributed by atoms with E-state index in [2.05, 4.69) is 13.8 Å². The van der Waals surface area contributed by atoms with Gasteiger partial charge in [0, 0.05) is 13.2 Å². The first-order valence-corrected chi connectivity index (χ1v) is 22.4. The van der Waals surface area contributed by atoms with Crippen molar-refractivity contribution >= 4 is 0 Å². The first-order valence-electron chi connectivity index (χ1n) is 22.4. The maximum absolute atomic E-state index is 8.36. The fraction of sp³-hybridized carbons (Fsp3) is 1.00. The molecule has 0 radical (unpaired) electrons. The van der Waals surface area contributed by atoms with Crippen molar-refractivity contribution in [3.63, 3.8) is 0 Å². The van der Waals surface area contributed by atoms with E-state index in [4.69, 9.17) is 29.2 Å². The number of unbranched alkanes of at least 4 members (excludes halogenated alkanes) is 30. The lowest BCUT2D eigenvalue weighted by Crippen LogP contribution is -2.11. The van der Waals surface area contributed by atoms with E-state index < -0.39 is 0 Å². The topological polar surface area (TPSA) is 77.4 Å². The molecule has 0 aromatic heterocycles. The number of aliphatic hydroxyl groups is 2. The summed E-state index contributed by atoms with van der Waals surface area (Å²) in [4.78, 5) is 0. The molecule has 6 nitrogen and oxygen atoms in total. The molecule has 50 heavy (non-hydrogen) atoms. The normalized spacial score (nSPS) is 11.3. The Kier molecular flexibility index (Phi) is 55.1. The number of hydrogen-bond acceptors (Lipinski definition) is 6. The lowest BCUT2D eigenvalue weighted by atomic mass is 10.0. The molecule has 0 heterocycles. The molecule has 0 aliphatic carbocycles. The van der Waals surface area contributed by atoms with Crippen LogP contribution in [-0.4, -0.2) is 76.3 Å². The number of rotatable bonds is 44. The summed E-state index contributed by atoms with van der Waals surface area (Å²) in [5.74, 6) is 0. The average Bonchev–Trinajstić information content (AvgIpc) is 3.13. The van der Waals surface area contributed by atoms with E-state index in [0.717, 1.165) is 13.2 Å². The van der Waals surface area contributed by atoms with Crippen molar-refractivity contribution in [2.45, 2.75) is 219 Å². The first kappa shape index (κ1) is 51.9. The molecule has 0 amide bonds. The standard InChI is InChI=1S/C36H74O.C8H18O5/c1-3-5-7-9-11-13-15-17-19-21-23-25-27-29-31-33-35-37-36-34-32-30-28-26-24-22-20-18-16-14-12-10-8-6-4-2;9-1-3-11-5-7-13-8-6-12-4-2-10/h3-36H2,1-2H3;9-10H,1-8H2. The fourth-order valence-corrected chi connectivity index (χ4v) is 6.28. The fourth-order valence-electron chi connectivity index (χ4n) is 6.28. The van der Waals surface area contributed by atoms with Crippen LogP contribution in [0.15, 0.2) is 0 Å². The highest BCUT2D eigenvalue weighted by molar-refractivity contribution is 4.52. The summed E-state index contributed by atoms with van der Waals surface area (Å²) in [6.07, 6.45) is 46.0. The van der Waals surface area contributed by atoms with Crippen LogP contribution in [-0.2, 0) is 18.9 Å². The molecule has 304 valence electrons. The van der Waals surface area contributed by atoms with Gasteiger partial charge in [0.2, 0.25) is 0 Å². The summed E-state index contributed by atoms with van der Waals surface area (Å²) in [6, 6.07) is 0. The largest absolute Gasteiger partial charge is 0.394 e. The number of aliphatic hydroxyl groups excluding tert-OH is 2. The Bertz CT molecular complexity index is 491. The zero-order chi connectivity index (χ0) is 36.5. The molecule has 2 N–H and O–H groups in total. The lowest BCUT2D eigenvalue weighted by Gasteiger charge is -2.06. The SMILES string of the molecule is CCCCCCCCCCCCCCCCCCOCCCCCCCCCCCCCCCCCC.OCCOCCOCCOCCO. The number of ether oxygens (including phenoxy) is 4. The zero-order valence-corrected chi connectivity index (χ0v) is 34.2. The Labute approximate surface area is 313 Å². The second kappa shape index (κ2) is 53.1. The van der Waals surface area contributed by atoms with Crippen molar-refractivity contribution in [2.75, 3.05) is 66.1 Å². The maximum atomic E-state index is 8.36. The highest BCUT2D eigenvalue weighted by Crippen LogP contribution is 2.15. The van der Waals surface area contributed by atoms with Crippen LogP contribution in [0.3, 0.4) is 0 Å². The van der Waals surface area contributed by atoms with Gasteiger partial charge in [-0.3, -0.25) is 0 Å². The molecule has 0 atom stereocenters. The van der Waals surface area contributed by atoms with Gasteiger partial charge in [0.15, 0.2) is 0 Å². The molecule has 0 spiro atoms. The van der Waals surface area contributed by atoms with E-state index in [1.165, 1.54) is 205 Å². The smallest absolute Gasteiger partial charge is 0.0701 e. The second-order valence-electron chi connectivity index (χ2n) is 14.5. The Balaban J connectivity index is 0. The van der Waals surface area contributed by atoms with Crippen molar-refractivity contribution in [3.8, 4) is 0 Å². The summed E-state index contributed by atoms with van der Waals surface area (Å²) in [5, 5.41) is 16.7. The van der Waals surface area contributed by atoms with E-state index in [-0.39, 0.29) is 13.2 Å². The van der Waals surface area contributed by atoms with E-state index in [0.29, 0.717) is 39.6 Å². The molecule has 0 rings (SSSR count). The van der Waals surface area contributed by atoms with Crippen molar-refractivity contribution < 1.29 is 29.2 Å². The van der Waals surface area contributed by atoms with Crippen LogP contribution in [0, 0.1) is 0 Å². The molecule has 0 saturated heterocycles. The minimum absolute atomic E-state index is 0.0413. The Morgan fingerprint density at radius 1 is 0.220 bits per heavy atom. The third kappa shape index (κ3) is 54.5. The average molecular weight is 717 g/mol. The van der Waals surface area contributed by atoms with Crippen LogP contribution in [0.25, 0.3) is 0 Å². The van der Waals surface area contributed by atoms with Gasteiger partial charge >= 0.3 is 0 Å². The van der Waals surface area contributed by atoms with Gasteiger partial charge in [-0.2, -0.15) is 0 Å². The predicted molar refractivity (Wildman–Crippen MR) is 217 cm³/mol. The zero-order valence-electron chi connectivity index (χ0n) is 34.2. The maximum Gasteiger partial charge on any atom is 0.0701 e. The second-order valence-corrected chi connectivity index (χ2v) is 14.5. The predicted octanol–water partition coefficient (Wildman–Crippen LogP) is 12.5. The monoisotopic (exact) mass is 717 g/mol. The van der Waals surface area contributed by atoms with Gasteiger partial charge in [0.05, 0.1) is 52.9 Å². The molecular weight excluding hydrogens is 624 g/mol. The van der Waals surface area contributed by atoms with Crippen LogP contribution in [0.2, 0.25) is 0 Å². The molecular formula is C44H92O6. The Morgan fingerprint density at radius 2 is 0.400 bits per heavy atom. The van der Waals surface area contributed by atoms with E-state index in [9.17, 15) is 0 Å². The van der Waals surface area contributed by atoms with E-state index in [1.807, 2.05) is 0 Å². The Morgan fingerprint density at radius 3 is 0.620 bits per heavy atom. The van der Waals surface area contributed by atoms with Crippen LogP contribution in [0.5, 0.6) is 0 Å². The van der Waals surface area contributed by atoms with E-state index >= 15 is 0 Å². The van der Waals surface area contributed by atoms with Crippen molar-refractivity contribution in [1.29, 1.82) is 0 Å². The summed E-state index contributed by atoms with van der Waals surface area (Å²) < 4.78 is 20.9. The van der Waals surface area contributed by atoms with Gasteiger partial charge in [0.1, 0.15) is 0 Å². The lowest BCUT2D eigenvalue weighted by molar-refractivity contribution is 0.00230. The minimum atomic E-state index is 0.0413. The van der Waals surface area contributed by atoms with Gasteiger partial charge in [-0.25, -0.2) is 0 Å². The molecule has 0 bridgehead atoms. The van der Waals surface area contributed by atoms with Gasteiger partial charge in [-0.05, 0) is 12.8 Å². The van der Waals surface area contributed by atoms with Gasteiger partial charge < -0.3 is 29.2 Å². The molecule has 0 unspecified atom stereocenters. The molecule has 6 heteroatoms. The molecule has 0 aromatic carbocycles. The third-order valence-corrected chi connectivity index (χ3v) is 9.50. The van der Waals surface area contributed by atoms with Gasteiger partial charge in [0.25, 0.3) is 0 Å². The van der Waals surface area contributed by atoms with Crippen molar-refractivity contribution in [1.82, 2.24) is 0 Å². The first-order chi connectivity index (χ1) is 24.8. The molecule has 0 aliphatic rings. The summed E-state index contributed by atoms with van der Waals surface area (Å²) in [5.41, 5.74) is 0. The van der Waals surface area contributed by atoms with Crippen LogP contribution >= 0.6 is 0 Å².